The number of morpholine rings is 1. The molecule has 9 nitrogen and oxygen atoms in total. The van der Waals surface area contributed by atoms with Gasteiger partial charge in [-0.2, -0.15) is 0 Å². The van der Waals surface area contributed by atoms with Crippen LogP contribution in [0.2, 0.25) is 0 Å². The van der Waals surface area contributed by atoms with E-state index in [0.29, 0.717) is 43.3 Å². The maximum absolute atomic E-state index is 13.4. The van der Waals surface area contributed by atoms with Crippen LogP contribution in [-0.4, -0.2) is 55.1 Å². The Balaban J connectivity index is 1.78. The number of carbonyl (C=O) groups is 2. The molecule has 0 bridgehead atoms. The predicted octanol–water partition coefficient (Wildman–Crippen LogP) is 2.22. The summed E-state index contributed by atoms with van der Waals surface area (Å²) >= 11 is 0. The number of rotatable bonds is 5. The van der Waals surface area contributed by atoms with E-state index in [-0.39, 0.29) is 17.0 Å². The number of benzene rings is 2. The maximum atomic E-state index is 13.4. The molecule has 0 radical (unpaired) electrons. The standard InChI is InChI=1S/C21H19N3O6/c1-29-17-8-6-15(7-9-17)23-20(25)18(14-2-4-16(5-3-14)24(27)28)19(21(23)26)22-10-12-30-13-11-22/h2-9H,10-13H2,1H3. The van der Waals surface area contributed by atoms with Crippen molar-refractivity contribution in [1.29, 1.82) is 0 Å². The third kappa shape index (κ3) is 3.39. The summed E-state index contributed by atoms with van der Waals surface area (Å²) in [5.41, 5.74) is 1.31. The summed E-state index contributed by atoms with van der Waals surface area (Å²) in [6.07, 6.45) is 0. The zero-order valence-corrected chi connectivity index (χ0v) is 16.2. The first kappa shape index (κ1) is 19.6. The van der Waals surface area contributed by atoms with Crippen LogP contribution in [0.4, 0.5) is 11.4 Å². The van der Waals surface area contributed by atoms with E-state index in [1.54, 1.807) is 24.3 Å². The van der Waals surface area contributed by atoms with Crippen LogP contribution in [-0.2, 0) is 14.3 Å². The normalized spacial score (nSPS) is 17.0. The first-order valence-corrected chi connectivity index (χ1v) is 9.36. The van der Waals surface area contributed by atoms with Gasteiger partial charge in [-0.25, -0.2) is 4.90 Å². The zero-order chi connectivity index (χ0) is 21.3. The number of amides is 2. The Morgan fingerprint density at radius 3 is 2.17 bits per heavy atom. The average molecular weight is 409 g/mol. The molecule has 2 aromatic carbocycles. The minimum atomic E-state index is -0.508. The van der Waals surface area contributed by atoms with Gasteiger partial charge in [0, 0.05) is 25.2 Å². The van der Waals surface area contributed by atoms with Gasteiger partial charge in [0.1, 0.15) is 11.4 Å². The molecule has 0 aromatic heterocycles. The number of imide groups is 1. The number of carbonyl (C=O) groups excluding carboxylic acids is 2. The smallest absolute Gasteiger partial charge is 0.282 e. The van der Waals surface area contributed by atoms with Crippen LogP contribution < -0.4 is 9.64 Å². The summed E-state index contributed by atoms with van der Waals surface area (Å²) in [6.45, 7) is 1.84. The first-order chi connectivity index (χ1) is 14.5. The topological polar surface area (TPSA) is 102 Å². The molecule has 2 aromatic rings. The summed E-state index contributed by atoms with van der Waals surface area (Å²) < 4.78 is 10.5. The van der Waals surface area contributed by atoms with E-state index in [0.717, 1.165) is 4.90 Å². The summed E-state index contributed by atoms with van der Waals surface area (Å²) in [6, 6.07) is 12.3. The van der Waals surface area contributed by atoms with Gasteiger partial charge >= 0.3 is 0 Å². The molecule has 30 heavy (non-hydrogen) atoms. The Labute approximate surface area is 172 Å². The van der Waals surface area contributed by atoms with Crippen molar-refractivity contribution in [2.45, 2.75) is 0 Å². The number of nitrogens with zero attached hydrogens (tertiary/aromatic N) is 3. The molecule has 2 amide bonds. The van der Waals surface area contributed by atoms with Crippen LogP contribution in [0.5, 0.6) is 5.75 Å². The number of hydrogen-bond donors (Lipinski definition) is 0. The van der Waals surface area contributed by atoms with Crippen molar-refractivity contribution in [2.75, 3.05) is 38.3 Å². The van der Waals surface area contributed by atoms with Crippen molar-refractivity contribution < 1.29 is 24.0 Å². The Hall–Kier alpha value is -3.72. The second-order valence-electron chi connectivity index (χ2n) is 6.77. The van der Waals surface area contributed by atoms with Crippen LogP contribution in [0.1, 0.15) is 5.56 Å². The summed E-state index contributed by atoms with van der Waals surface area (Å²) in [5.74, 6) is -0.296. The molecular weight excluding hydrogens is 390 g/mol. The maximum Gasteiger partial charge on any atom is 0.282 e. The van der Waals surface area contributed by atoms with Crippen molar-refractivity contribution >= 4 is 28.8 Å². The van der Waals surface area contributed by atoms with E-state index >= 15 is 0 Å². The Kier molecular flexibility index (Phi) is 5.20. The number of anilines is 1. The molecule has 1 saturated heterocycles. The number of hydrogen-bond acceptors (Lipinski definition) is 7. The van der Waals surface area contributed by atoms with E-state index in [1.807, 2.05) is 4.90 Å². The molecule has 0 aliphatic carbocycles. The Morgan fingerprint density at radius 2 is 1.60 bits per heavy atom. The fraction of sp³-hybridized carbons (Fsp3) is 0.238. The van der Waals surface area contributed by atoms with Crippen molar-refractivity contribution in [1.82, 2.24) is 4.90 Å². The molecule has 154 valence electrons. The molecule has 0 N–H and O–H groups in total. The molecule has 0 atom stereocenters. The van der Waals surface area contributed by atoms with Crippen LogP contribution >= 0.6 is 0 Å². The van der Waals surface area contributed by atoms with Crippen LogP contribution in [0.25, 0.3) is 5.57 Å². The highest BCUT2D eigenvalue weighted by Crippen LogP contribution is 2.36. The van der Waals surface area contributed by atoms with E-state index in [2.05, 4.69) is 0 Å². The lowest BCUT2D eigenvalue weighted by Gasteiger charge is -2.29. The second kappa shape index (κ2) is 7.96. The lowest BCUT2D eigenvalue weighted by molar-refractivity contribution is -0.384. The second-order valence-corrected chi connectivity index (χ2v) is 6.77. The van der Waals surface area contributed by atoms with E-state index in [9.17, 15) is 19.7 Å². The van der Waals surface area contributed by atoms with Gasteiger partial charge in [-0.1, -0.05) is 0 Å². The lowest BCUT2D eigenvalue weighted by Crippen LogP contribution is -2.40. The molecule has 2 aliphatic heterocycles. The highest BCUT2D eigenvalue weighted by atomic mass is 16.6. The van der Waals surface area contributed by atoms with Gasteiger partial charge < -0.3 is 14.4 Å². The molecule has 1 fully saturated rings. The fourth-order valence-electron chi connectivity index (χ4n) is 3.57. The number of nitro benzene ring substituents is 1. The summed E-state index contributed by atoms with van der Waals surface area (Å²) in [7, 11) is 1.53. The number of nitro groups is 1. The van der Waals surface area contributed by atoms with Gasteiger partial charge in [0.2, 0.25) is 0 Å². The average Bonchev–Trinajstić information content (AvgIpc) is 3.04. The van der Waals surface area contributed by atoms with Crippen LogP contribution in [0.15, 0.2) is 54.2 Å². The number of non-ortho nitro benzene ring substituents is 1. The Bertz CT molecular complexity index is 1020. The molecule has 0 unspecified atom stereocenters. The lowest BCUT2D eigenvalue weighted by atomic mass is 10.0. The predicted molar refractivity (Wildman–Crippen MR) is 108 cm³/mol. The largest absolute Gasteiger partial charge is 0.497 e. The van der Waals surface area contributed by atoms with E-state index in [4.69, 9.17) is 9.47 Å². The monoisotopic (exact) mass is 409 g/mol. The van der Waals surface area contributed by atoms with Crippen molar-refractivity contribution in [2.24, 2.45) is 0 Å². The first-order valence-electron chi connectivity index (χ1n) is 9.36. The SMILES string of the molecule is COc1ccc(N2C(=O)C(c3ccc([N+](=O)[O-])cc3)=C(N3CCOCC3)C2=O)cc1. The molecule has 4 rings (SSSR count). The van der Waals surface area contributed by atoms with Crippen molar-refractivity contribution in [3.8, 4) is 5.75 Å². The van der Waals surface area contributed by atoms with Gasteiger partial charge in [-0.15, -0.1) is 0 Å². The van der Waals surface area contributed by atoms with Crippen molar-refractivity contribution in [3.05, 3.63) is 69.9 Å². The van der Waals surface area contributed by atoms with Gasteiger partial charge in [-0.3, -0.25) is 19.7 Å². The Morgan fingerprint density at radius 1 is 0.967 bits per heavy atom. The molecule has 0 spiro atoms. The van der Waals surface area contributed by atoms with Gasteiger partial charge in [0.25, 0.3) is 17.5 Å². The number of methoxy groups -OCH3 is 1. The van der Waals surface area contributed by atoms with Crippen LogP contribution in [0.3, 0.4) is 0 Å². The quantitative estimate of drug-likeness (QED) is 0.424. The van der Waals surface area contributed by atoms with Gasteiger partial charge in [0.05, 0.1) is 36.5 Å². The molecule has 0 saturated carbocycles. The minimum Gasteiger partial charge on any atom is -0.497 e. The highest BCUT2D eigenvalue weighted by Gasteiger charge is 2.42. The van der Waals surface area contributed by atoms with Gasteiger partial charge in [-0.05, 0) is 42.0 Å². The molecule has 9 heteroatoms. The molecule has 2 aliphatic rings. The van der Waals surface area contributed by atoms with Crippen LogP contribution in [0, 0.1) is 10.1 Å². The number of ether oxygens (including phenoxy) is 2. The summed E-state index contributed by atoms with van der Waals surface area (Å²) in [5, 5.41) is 11.0. The van der Waals surface area contributed by atoms with E-state index < -0.39 is 16.7 Å². The third-order valence-corrected chi connectivity index (χ3v) is 5.08. The fourth-order valence-corrected chi connectivity index (χ4v) is 3.57. The zero-order valence-electron chi connectivity index (χ0n) is 16.2. The minimum absolute atomic E-state index is 0.0870. The highest BCUT2D eigenvalue weighted by molar-refractivity contribution is 6.45. The molecular formula is C21H19N3O6. The third-order valence-electron chi connectivity index (χ3n) is 5.08. The summed E-state index contributed by atoms with van der Waals surface area (Å²) in [4.78, 5) is 40.2. The molecule has 2 heterocycles. The van der Waals surface area contributed by atoms with E-state index in [1.165, 1.54) is 31.4 Å². The van der Waals surface area contributed by atoms with Crippen molar-refractivity contribution in [3.63, 3.8) is 0 Å². The van der Waals surface area contributed by atoms with Gasteiger partial charge in [0.15, 0.2) is 0 Å².